The first kappa shape index (κ1) is 29.0. The fraction of sp³-hybridized carbons (Fsp3) is 0.312. The number of hydrogen-bond acceptors (Lipinski definition) is 6. The van der Waals surface area contributed by atoms with E-state index >= 15 is 0 Å². The van der Waals surface area contributed by atoms with Crippen molar-refractivity contribution in [2.75, 3.05) is 11.9 Å². The average Bonchev–Trinajstić information content (AvgIpc) is 3.67. The van der Waals surface area contributed by atoms with Gasteiger partial charge in [-0.3, -0.25) is 28.2 Å². The topological polar surface area (TPSA) is 128 Å². The molecule has 44 heavy (non-hydrogen) atoms. The van der Waals surface area contributed by atoms with Crippen LogP contribution in [0, 0.1) is 25.6 Å². The molecule has 3 heterocycles. The predicted octanol–water partition coefficient (Wildman–Crippen LogP) is 3.27. The Hall–Kier alpha value is -5.13. The van der Waals surface area contributed by atoms with Crippen molar-refractivity contribution in [1.29, 1.82) is 0 Å². The van der Waals surface area contributed by atoms with E-state index in [0.717, 1.165) is 23.0 Å². The number of aromatic amines is 1. The number of anilines is 1. The molecular weight excluding hydrogens is 565 g/mol. The Morgan fingerprint density at radius 2 is 1.75 bits per heavy atom. The summed E-state index contributed by atoms with van der Waals surface area (Å²) in [5.41, 5.74) is 2.45. The minimum Gasteiger partial charge on any atom is -0.336 e. The van der Waals surface area contributed by atoms with E-state index in [0.29, 0.717) is 47.3 Å². The van der Waals surface area contributed by atoms with Crippen LogP contribution in [0.4, 0.5) is 10.1 Å². The number of likely N-dealkylation sites (N-methyl/N-ethyl adjacent to an activating group) is 1. The van der Waals surface area contributed by atoms with E-state index in [4.69, 9.17) is 0 Å². The Balaban J connectivity index is 1.27. The molecular formula is C32H32FN7O4. The van der Waals surface area contributed by atoms with Gasteiger partial charge in [-0.2, -0.15) is 5.10 Å². The number of amides is 1. The van der Waals surface area contributed by atoms with E-state index in [1.165, 1.54) is 15.5 Å². The SMILES string of the molecule is Cc1nn(C)c(C)c1C(=O)C(=O)N(C)c1ccc(Cc2nc3c([nH]2)c(=O)n(Cc2ccccc2F)c(=O)n3CC2CC2)cc1. The maximum Gasteiger partial charge on any atom is 0.333 e. The summed E-state index contributed by atoms with van der Waals surface area (Å²) in [6, 6.07) is 13.2. The Labute approximate surface area is 251 Å². The lowest BCUT2D eigenvalue weighted by Gasteiger charge is -2.17. The molecule has 1 aliphatic carbocycles. The van der Waals surface area contributed by atoms with Gasteiger partial charge in [0.05, 0.1) is 17.8 Å². The summed E-state index contributed by atoms with van der Waals surface area (Å²) in [7, 11) is 3.27. The second-order valence-electron chi connectivity index (χ2n) is 11.4. The predicted molar refractivity (Wildman–Crippen MR) is 163 cm³/mol. The molecule has 0 radical (unpaired) electrons. The number of ketones is 1. The third-order valence-electron chi connectivity index (χ3n) is 8.26. The number of H-pyrrole nitrogens is 1. The number of aromatic nitrogens is 6. The van der Waals surface area contributed by atoms with Crippen molar-refractivity contribution < 1.29 is 14.0 Å². The maximum atomic E-state index is 14.4. The summed E-state index contributed by atoms with van der Waals surface area (Å²) in [4.78, 5) is 62.0. The number of nitrogens with one attached hydrogen (secondary N) is 1. The lowest BCUT2D eigenvalue weighted by molar-refractivity contribution is -0.114. The van der Waals surface area contributed by atoms with E-state index in [1.54, 1.807) is 63.0 Å². The first-order valence-corrected chi connectivity index (χ1v) is 14.4. The van der Waals surface area contributed by atoms with Gasteiger partial charge in [-0.25, -0.2) is 14.2 Å². The van der Waals surface area contributed by atoms with E-state index in [9.17, 15) is 23.6 Å². The summed E-state index contributed by atoms with van der Waals surface area (Å²) >= 11 is 0. The third-order valence-corrected chi connectivity index (χ3v) is 8.26. The van der Waals surface area contributed by atoms with E-state index < -0.39 is 28.8 Å². The van der Waals surface area contributed by atoms with Crippen LogP contribution < -0.4 is 16.1 Å². The standard InChI is InChI=1S/C32H32FN7O4/c1-18-26(19(2)38(4)36-18)28(41)31(43)37(3)23-13-11-20(12-14-23)15-25-34-27-29(35-25)39(16-21-9-10-21)32(44)40(30(27)42)17-22-7-5-6-8-24(22)33/h5-8,11-14,21H,9-10,15-17H2,1-4H3,(H,34,35). The van der Waals surface area contributed by atoms with E-state index in [1.807, 2.05) is 12.1 Å². The van der Waals surface area contributed by atoms with Crippen LogP contribution in [0.15, 0.2) is 58.1 Å². The number of imidazole rings is 1. The molecule has 1 aliphatic rings. The Morgan fingerprint density at radius 3 is 2.39 bits per heavy atom. The number of Topliss-reactive ketones (excluding diaryl/α,β-unsaturated/α-hetero) is 1. The zero-order chi connectivity index (χ0) is 31.3. The second kappa shape index (κ2) is 11.2. The molecule has 1 fully saturated rings. The number of rotatable bonds is 9. The lowest BCUT2D eigenvalue weighted by atomic mass is 10.1. The zero-order valence-corrected chi connectivity index (χ0v) is 24.9. The molecule has 11 nitrogen and oxygen atoms in total. The van der Waals surface area contributed by atoms with Crippen molar-refractivity contribution >= 4 is 28.5 Å². The van der Waals surface area contributed by atoms with Crippen LogP contribution in [0.5, 0.6) is 0 Å². The van der Waals surface area contributed by atoms with Gasteiger partial charge in [-0.1, -0.05) is 30.3 Å². The molecule has 0 unspecified atom stereocenters. The highest BCUT2D eigenvalue weighted by Crippen LogP contribution is 2.30. The number of carbonyl (C=O) groups is 2. The first-order valence-electron chi connectivity index (χ1n) is 14.4. The molecule has 6 rings (SSSR count). The molecule has 5 aromatic rings. The largest absolute Gasteiger partial charge is 0.336 e. The van der Waals surface area contributed by atoms with Crippen LogP contribution in [0.25, 0.3) is 11.2 Å². The molecule has 0 spiro atoms. The number of benzene rings is 2. The third kappa shape index (κ3) is 5.27. The van der Waals surface area contributed by atoms with Crippen molar-refractivity contribution in [3.05, 3.63) is 109 Å². The van der Waals surface area contributed by atoms with Crippen LogP contribution in [-0.4, -0.2) is 47.6 Å². The van der Waals surface area contributed by atoms with Crippen LogP contribution >= 0.6 is 0 Å². The van der Waals surface area contributed by atoms with Gasteiger partial charge >= 0.3 is 5.69 Å². The fourth-order valence-corrected chi connectivity index (χ4v) is 5.47. The monoisotopic (exact) mass is 597 g/mol. The Morgan fingerprint density at radius 1 is 1.05 bits per heavy atom. The minimum absolute atomic E-state index is 0.185. The van der Waals surface area contributed by atoms with Crippen LogP contribution in [0.3, 0.4) is 0 Å². The first-order chi connectivity index (χ1) is 21.0. The van der Waals surface area contributed by atoms with Gasteiger partial charge in [0.25, 0.3) is 17.2 Å². The number of fused-ring (bicyclic) bond motifs is 1. The van der Waals surface area contributed by atoms with Crippen LogP contribution in [0.1, 0.15) is 51.5 Å². The van der Waals surface area contributed by atoms with E-state index in [-0.39, 0.29) is 23.3 Å². The molecule has 0 saturated heterocycles. The van der Waals surface area contributed by atoms with Gasteiger partial charge in [0, 0.05) is 44.0 Å². The van der Waals surface area contributed by atoms with Gasteiger partial charge in [-0.15, -0.1) is 0 Å². The molecule has 1 N–H and O–H groups in total. The van der Waals surface area contributed by atoms with Crippen LogP contribution in [0.2, 0.25) is 0 Å². The highest BCUT2D eigenvalue weighted by Gasteiger charge is 2.28. The van der Waals surface area contributed by atoms with Gasteiger partial charge in [-0.05, 0) is 56.4 Å². The normalized spacial score (nSPS) is 13.0. The fourth-order valence-electron chi connectivity index (χ4n) is 5.47. The lowest BCUT2D eigenvalue weighted by Crippen LogP contribution is -2.40. The number of carbonyl (C=O) groups excluding carboxylic acids is 2. The molecule has 1 amide bonds. The van der Waals surface area contributed by atoms with E-state index in [2.05, 4.69) is 15.1 Å². The summed E-state index contributed by atoms with van der Waals surface area (Å²) < 4.78 is 18.6. The molecule has 3 aromatic heterocycles. The molecule has 12 heteroatoms. The summed E-state index contributed by atoms with van der Waals surface area (Å²) in [5, 5.41) is 4.23. The Kier molecular flexibility index (Phi) is 7.36. The van der Waals surface area contributed by atoms with Gasteiger partial charge in [0.15, 0.2) is 5.65 Å². The quantitative estimate of drug-likeness (QED) is 0.205. The number of halogens is 1. The van der Waals surface area contributed by atoms with Crippen molar-refractivity contribution in [1.82, 2.24) is 28.9 Å². The average molecular weight is 598 g/mol. The summed E-state index contributed by atoms with van der Waals surface area (Å²) in [5.74, 6) is -0.963. The summed E-state index contributed by atoms with van der Waals surface area (Å²) in [6.45, 7) is 3.69. The zero-order valence-electron chi connectivity index (χ0n) is 24.9. The maximum absolute atomic E-state index is 14.4. The molecule has 0 bridgehead atoms. The van der Waals surface area contributed by atoms with Crippen molar-refractivity contribution in [2.24, 2.45) is 13.0 Å². The number of hydrogen-bond donors (Lipinski definition) is 1. The van der Waals surface area contributed by atoms with Crippen molar-refractivity contribution in [3.63, 3.8) is 0 Å². The highest BCUT2D eigenvalue weighted by atomic mass is 19.1. The second-order valence-corrected chi connectivity index (χ2v) is 11.4. The molecule has 226 valence electrons. The van der Waals surface area contributed by atoms with Crippen molar-refractivity contribution in [2.45, 2.75) is 46.2 Å². The number of nitrogens with zero attached hydrogens (tertiary/aromatic N) is 6. The Bertz CT molecular complexity index is 2050. The van der Waals surface area contributed by atoms with Gasteiger partial charge < -0.3 is 9.88 Å². The smallest absolute Gasteiger partial charge is 0.333 e. The number of aryl methyl sites for hydroxylation is 2. The summed E-state index contributed by atoms with van der Waals surface area (Å²) in [6.07, 6.45) is 2.31. The highest BCUT2D eigenvalue weighted by molar-refractivity contribution is 6.47. The van der Waals surface area contributed by atoms with Gasteiger partial charge in [0.2, 0.25) is 0 Å². The molecule has 0 atom stereocenters. The minimum atomic E-state index is -0.672. The molecule has 2 aromatic carbocycles. The molecule has 0 aliphatic heterocycles. The van der Waals surface area contributed by atoms with Crippen molar-refractivity contribution in [3.8, 4) is 0 Å². The molecule has 1 saturated carbocycles. The van der Waals surface area contributed by atoms with Gasteiger partial charge in [0.1, 0.15) is 17.2 Å². The van der Waals surface area contributed by atoms with Crippen LogP contribution in [-0.2, 0) is 31.4 Å².